The molecule has 6 nitrogen and oxygen atoms in total. The third kappa shape index (κ3) is 4.44. The Hall–Kier alpha value is -1.59. The van der Waals surface area contributed by atoms with E-state index in [-0.39, 0.29) is 24.2 Å². The van der Waals surface area contributed by atoms with E-state index in [0.717, 1.165) is 32.1 Å². The first kappa shape index (κ1) is 15.8. The minimum absolute atomic E-state index is 0.0577. The molecule has 0 aromatic heterocycles. The molecule has 1 aliphatic carbocycles. The van der Waals surface area contributed by atoms with Crippen LogP contribution >= 0.6 is 0 Å². The molecule has 0 bridgehead atoms. The molecule has 118 valence electrons. The standard InChI is InChI=1S/C15H24N2O4/c18-13(17-9-3-6-12(10-17)15(20)21)7-8-16-14(19)11-4-1-2-5-11/h11-12H,1-10H2,(H,16,19)(H,20,21). The van der Waals surface area contributed by atoms with Crippen molar-refractivity contribution in [2.45, 2.75) is 44.9 Å². The van der Waals surface area contributed by atoms with E-state index in [1.54, 1.807) is 4.90 Å². The zero-order chi connectivity index (χ0) is 15.2. The minimum atomic E-state index is -0.831. The van der Waals surface area contributed by atoms with Gasteiger partial charge in [0.2, 0.25) is 11.8 Å². The van der Waals surface area contributed by atoms with E-state index >= 15 is 0 Å². The van der Waals surface area contributed by atoms with E-state index in [0.29, 0.717) is 26.1 Å². The van der Waals surface area contributed by atoms with Gasteiger partial charge in [-0.3, -0.25) is 14.4 Å². The topological polar surface area (TPSA) is 86.7 Å². The molecule has 1 heterocycles. The van der Waals surface area contributed by atoms with Gasteiger partial charge in [0.1, 0.15) is 0 Å². The molecule has 6 heteroatoms. The number of hydrogen-bond acceptors (Lipinski definition) is 3. The van der Waals surface area contributed by atoms with E-state index in [4.69, 9.17) is 5.11 Å². The monoisotopic (exact) mass is 296 g/mol. The molecule has 0 spiro atoms. The normalized spacial score (nSPS) is 23.0. The van der Waals surface area contributed by atoms with Crippen LogP contribution in [0.2, 0.25) is 0 Å². The molecule has 1 saturated heterocycles. The maximum atomic E-state index is 12.1. The van der Waals surface area contributed by atoms with Crippen molar-refractivity contribution in [3.8, 4) is 0 Å². The van der Waals surface area contributed by atoms with Gasteiger partial charge in [-0.15, -0.1) is 0 Å². The van der Waals surface area contributed by atoms with Crippen LogP contribution in [-0.4, -0.2) is 47.4 Å². The number of carboxylic acids is 1. The lowest BCUT2D eigenvalue weighted by Crippen LogP contribution is -2.43. The van der Waals surface area contributed by atoms with Gasteiger partial charge in [0.25, 0.3) is 0 Å². The third-order valence-corrected chi connectivity index (χ3v) is 4.49. The highest BCUT2D eigenvalue weighted by Gasteiger charge is 2.28. The first-order valence-corrected chi connectivity index (χ1v) is 7.86. The number of nitrogens with one attached hydrogen (secondary N) is 1. The Morgan fingerprint density at radius 3 is 2.38 bits per heavy atom. The second-order valence-corrected chi connectivity index (χ2v) is 6.04. The van der Waals surface area contributed by atoms with E-state index in [1.165, 1.54) is 0 Å². The average Bonchev–Trinajstić information content (AvgIpc) is 3.01. The van der Waals surface area contributed by atoms with Gasteiger partial charge in [0.05, 0.1) is 5.92 Å². The van der Waals surface area contributed by atoms with Crippen molar-refractivity contribution in [1.82, 2.24) is 10.2 Å². The van der Waals surface area contributed by atoms with Crippen LogP contribution in [0, 0.1) is 11.8 Å². The number of carbonyl (C=O) groups excluding carboxylic acids is 2. The first-order chi connectivity index (χ1) is 10.1. The fourth-order valence-corrected chi connectivity index (χ4v) is 3.19. The molecule has 2 fully saturated rings. The molecule has 1 aliphatic heterocycles. The second kappa shape index (κ2) is 7.43. The molecule has 1 unspecified atom stereocenters. The molecule has 0 aromatic carbocycles. The molecule has 2 aliphatic rings. The smallest absolute Gasteiger partial charge is 0.308 e. The summed E-state index contributed by atoms with van der Waals surface area (Å²) in [5.41, 5.74) is 0. The summed E-state index contributed by atoms with van der Waals surface area (Å²) < 4.78 is 0. The van der Waals surface area contributed by atoms with Crippen LogP contribution in [0.5, 0.6) is 0 Å². The highest BCUT2D eigenvalue weighted by Crippen LogP contribution is 2.24. The molecular formula is C15H24N2O4. The number of piperidine rings is 1. The molecule has 1 atom stereocenters. The average molecular weight is 296 g/mol. The molecule has 2 N–H and O–H groups in total. The minimum Gasteiger partial charge on any atom is -0.481 e. The summed E-state index contributed by atoms with van der Waals surface area (Å²) in [6, 6.07) is 0. The van der Waals surface area contributed by atoms with Crippen molar-refractivity contribution < 1.29 is 19.5 Å². The van der Waals surface area contributed by atoms with Gasteiger partial charge >= 0.3 is 5.97 Å². The van der Waals surface area contributed by atoms with Gasteiger partial charge in [-0.2, -0.15) is 0 Å². The predicted octanol–water partition coefficient (Wildman–Crippen LogP) is 1.01. The number of nitrogens with zero attached hydrogens (tertiary/aromatic N) is 1. The van der Waals surface area contributed by atoms with Crippen LogP contribution in [0.1, 0.15) is 44.9 Å². The van der Waals surface area contributed by atoms with Crippen molar-refractivity contribution in [3.05, 3.63) is 0 Å². The maximum Gasteiger partial charge on any atom is 0.308 e. The van der Waals surface area contributed by atoms with E-state index < -0.39 is 11.9 Å². The highest BCUT2D eigenvalue weighted by atomic mass is 16.4. The molecule has 0 radical (unpaired) electrons. The number of carbonyl (C=O) groups is 3. The van der Waals surface area contributed by atoms with Crippen LogP contribution in [0.4, 0.5) is 0 Å². The molecular weight excluding hydrogens is 272 g/mol. The first-order valence-electron chi connectivity index (χ1n) is 7.86. The summed E-state index contributed by atoms with van der Waals surface area (Å²) in [5, 5.41) is 11.8. The predicted molar refractivity (Wildman–Crippen MR) is 76.5 cm³/mol. The lowest BCUT2D eigenvalue weighted by atomic mass is 9.98. The Balaban J connectivity index is 1.69. The van der Waals surface area contributed by atoms with Crippen LogP contribution in [-0.2, 0) is 14.4 Å². The number of hydrogen-bond donors (Lipinski definition) is 2. The Bertz CT molecular complexity index is 404. The summed E-state index contributed by atoms with van der Waals surface area (Å²) in [5.74, 6) is -1.17. The summed E-state index contributed by atoms with van der Waals surface area (Å²) in [6.07, 6.45) is 5.75. The molecule has 2 rings (SSSR count). The summed E-state index contributed by atoms with van der Waals surface area (Å²) in [6.45, 7) is 1.27. The van der Waals surface area contributed by atoms with Gasteiger partial charge in [-0.25, -0.2) is 0 Å². The van der Waals surface area contributed by atoms with Gasteiger partial charge < -0.3 is 15.3 Å². The largest absolute Gasteiger partial charge is 0.481 e. The number of amides is 2. The molecule has 2 amide bonds. The van der Waals surface area contributed by atoms with E-state index in [1.807, 2.05) is 0 Å². The van der Waals surface area contributed by atoms with Crippen LogP contribution in [0.25, 0.3) is 0 Å². The number of aliphatic carboxylic acids is 1. The third-order valence-electron chi connectivity index (χ3n) is 4.49. The molecule has 0 aromatic rings. The Labute approximate surface area is 124 Å². The zero-order valence-electron chi connectivity index (χ0n) is 12.3. The van der Waals surface area contributed by atoms with Crippen molar-refractivity contribution in [2.75, 3.05) is 19.6 Å². The zero-order valence-corrected chi connectivity index (χ0v) is 12.3. The number of likely N-dealkylation sites (tertiary alicyclic amines) is 1. The van der Waals surface area contributed by atoms with Crippen molar-refractivity contribution >= 4 is 17.8 Å². The van der Waals surface area contributed by atoms with Crippen LogP contribution in [0.15, 0.2) is 0 Å². The van der Waals surface area contributed by atoms with Crippen molar-refractivity contribution in [1.29, 1.82) is 0 Å². The Morgan fingerprint density at radius 1 is 1.05 bits per heavy atom. The Morgan fingerprint density at radius 2 is 1.71 bits per heavy atom. The van der Waals surface area contributed by atoms with Crippen LogP contribution < -0.4 is 5.32 Å². The fourth-order valence-electron chi connectivity index (χ4n) is 3.19. The van der Waals surface area contributed by atoms with Gasteiger partial charge in [0, 0.05) is 32.0 Å². The number of carboxylic acid groups (broad SMARTS) is 1. The SMILES string of the molecule is O=C(O)C1CCCN(C(=O)CCNC(=O)C2CCCC2)C1. The van der Waals surface area contributed by atoms with E-state index in [2.05, 4.69) is 5.32 Å². The molecule has 1 saturated carbocycles. The van der Waals surface area contributed by atoms with Crippen molar-refractivity contribution in [2.24, 2.45) is 11.8 Å². The number of rotatable bonds is 5. The maximum absolute atomic E-state index is 12.1. The van der Waals surface area contributed by atoms with Gasteiger partial charge in [-0.05, 0) is 25.7 Å². The summed E-state index contributed by atoms with van der Waals surface area (Å²) in [4.78, 5) is 36.5. The van der Waals surface area contributed by atoms with Crippen molar-refractivity contribution in [3.63, 3.8) is 0 Å². The van der Waals surface area contributed by atoms with E-state index in [9.17, 15) is 14.4 Å². The second-order valence-electron chi connectivity index (χ2n) is 6.04. The highest BCUT2D eigenvalue weighted by molar-refractivity contribution is 5.81. The lowest BCUT2D eigenvalue weighted by Gasteiger charge is -2.30. The fraction of sp³-hybridized carbons (Fsp3) is 0.800. The Kier molecular flexibility index (Phi) is 5.59. The summed E-state index contributed by atoms with van der Waals surface area (Å²) in [7, 11) is 0. The van der Waals surface area contributed by atoms with Crippen LogP contribution in [0.3, 0.4) is 0 Å². The quantitative estimate of drug-likeness (QED) is 0.792. The molecule has 21 heavy (non-hydrogen) atoms. The summed E-state index contributed by atoms with van der Waals surface area (Å²) >= 11 is 0. The lowest BCUT2D eigenvalue weighted by molar-refractivity contribution is -0.145. The van der Waals surface area contributed by atoms with Gasteiger partial charge in [0.15, 0.2) is 0 Å². The van der Waals surface area contributed by atoms with Gasteiger partial charge in [-0.1, -0.05) is 12.8 Å².